The highest BCUT2D eigenvalue weighted by Crippen LogP contribution is 2.35. The van der Waals surface area contributed by atoms with Crippen molar-refractivity contribution in [3.63, 3.8) is 0 Å². The summed E-state index contributed by atoms with van der Waals surface area (Å²) >= 11 is 0. The Hall–Kier alpha value is -5.46. The number of aromatic hydroxyl groups is 1. The Kier molecular flexibility index (Phi) is 10.9. The highest BCUT2D eigenvalue weighted by atomic mass is 19.4. The molecule has 4 N–H and O–H groups in total. The van der Waals surface area contributed by atoms with E-state index in [9.17, 15) is 37.5 Å². The molecule has 1 atom stereocenters. The lowest BCUT2D eigenvalue weighted by atomic mass is 9.95. The molecule has 0 aliphatic rings. The summed E-state index contributed by atoms with van der Waals surface area (Å²) in [6, 6.07) is 19.9. The van der Waals surface area contributed by atoms with Gasteiger partial charge >= 0.3 is 18.1 Å². The zero-order valence-electron chi connectivity index (χ0n) is 24.7. The molecule has 0 saturated carbocycles. The number of phenols is 1. The second-order valence-corrected chi connectivity index (χ2v) is 10.4. The molecule has 240 valence electrons. The smallest absolute Gasteiger partial charge is 0.491 e. The number of ether oxygens (including phenoxy) is 1. The van der Waals surface area contributed by atoms with Crippen LogP contribution < -0.4 is 16.0 Å². The number of aromatic nitrogens is 1. The van der Waals surface area contributed by atoms with Gasteiger partial charge in [0.15, 0.2) is 0 Å². The number of carbonyl (C=O) groups is 4. The van der Waals surface area contributed by atoms with Crippen molar-refractivity contribution in [3.05, 3.63) is 90.1 Å². The van der Waals surface area contributed by atoms with Gasteiger partial charge in [0.05, 0.1) is 19.0 Å². The van der Waals surface area contributed by atoms with Crippen molar-refractivity contribution in [3.8, 4) is 16.9 Å². The van der Waals surface area contributed by atoms with Gasteiger partial charge < -0.3 is 25.8 Å². The van der Waals surface area contributed by atoms with E-state index in [1.165, 1.54) is 12.1 Å². The van der Waals surface area contributed by atoms with Gasteiger partial charge in [-0.25, -0.2) is 9.78 Å². The van der Waals surface area contributed by atoms with E-state index in [-0.39, 0.29) is 17.7 Å². The fraction of sp³-hybridized carbons (Fsp3) is 0.242. The molecule has 13 heteroatoms. The second kappa shape index (κ2) is 15.0. The number of nitrogens with one attached hydrogen (secondary N) is 3. The van der Waals surface area contributed by atoms with E-state index in [1.54, 1.807) is 12.3 Å². The Bertz CT molecular complexity index is 1740. The normalized spacial score (nSPS) is 11.8. The van der Waals surface area contributed by atoms with Crippen molar-refractivity contribution in [2.75, 3.05) is 18.4 Å². The molecule has 46 heavy (non-hydrogen) atoms. The van der Waals surface area contributed by atoms with Crippen LogP contribution in [0.5, 0.6) is 5.75 Å². The van der Waals surface area contributed by atoms with E-state index in [1.807, 2.05) is 61.5 Å². The first-order valence-corrected chi connectivity index (χ1v) is 14.3. The molecule has 0 saturated heterocycles. The number of rotatable bonds is 12. The van der Waals surface area contributed by atoms with Crippen LogP contribution in [0, 0.1) is 6.92 Å². The Labute approximate surface area is 262 Å². The fourth-order valence-electron chi connectivity index (χ4n) is 4.70. The van der Waals surface area contributed by atoms with Gasteiger partial charge in [0.1, 0.15) is 11.6 Å². The maximum Gasteiger partial charge on any atom is 0.491 e. The van der Waals surface area contributed by atoms with Crippen molar-refractivity contribution in [2.24, 2.45) is 0 Å². The first-order chi connectivity index (χ1) is 21.9. The number of amides is 2. The number of alkyl halides is 3. The summed E-state index contributed by atoms with van der Waals surface area (Å²) < 4.78 is 41.9. The van der Waals surface area contributed by atoms with Gasteiger partial charge in [-0.1, -0.05) is 54.6 Å². The lowest BCUT2D eigenvalue weighted by molar-refractivity contribution is -0.202. The van der Waals surface area contributed by atoms with Gasteiger partial charge in [-0.3, -0.25) is 14.4 Å². The lowest BCUT2D eigenvalue weighted by Crippen LogP contribution is -2.39. The zero-order chi connectivity index (χ0) is 33.3. The third-order valence-electron chi connectivity index (χ3n) is 6.90. The fourth-order valence-corrected chi connectivity index (χ4v) is 4.70. The molecule has 0 spiro atoms. The largest absolute Gasteiger partial charge is 0.508 e. The molecule has 0 radical (unpaired) electrons. The average molecular weight is 637 g/mol. The van der Waals surface area contributed by atoms with Gasteiger partial charge in [0.2, 0.25) is 11.8 Å². The molecule has 0 fully saturated rings. The van der Waals surface area contributed by atoms with Crippen LogP contribution in [0.15, 0.2) is 79.0 Å². The number of pyridine rings is 1. The molecule has 1 heterocycles. The number of benzene rings is 3. The molecule has 1 aromatic heterocycles. The van der Waals surface area contributed by atoms with E-state index in [0.29, 0.717) is 24.3 Å². The maximum atomic E-state index is 12.8. The molecular weight excluding hydrogens is 605 g/mol. The third kappa shape index (κ3) is 9.27. The standard InChI is InChI=1S/C33H31F3N4O6/c1-20-13-15-38-28(16-20)37-14-5-10-29(42)39-19-30(43)40-26(18-31(44)46-32(45)33(34,35)36)25-12-11-22(17-27(25)41)24-9-4-7-21-6-2-3-8-23(21)24/h2-4,6-9,11-13,15-17,26,41H,5,10,14,18-19H2,1H3,(H,37,38)(H,39,42)(H,40,43). The third-order valence-corrected chi connectivity index (χ3v) is 6.90. The molecule has 4 rings (SSSR count). The van der Waals surface area contributed by atoms with Crippen LogP contribution in [0.1, 0.15) is 36.4 Å². The minimum atomic E-state index is -5.41. The number of nitrogens with zero attached hydrogens (tertiary/aromatic N) is 1. The van der Waals surface area contributed by atoms with Crippen molar-refractivity contribution >= 4 is 40.3 Å². The topological polar surface area (TPSA) is 147 Å². The number of halogens is 3. The van der Waals surface area contributed by atoms with E-state index in [0.717, 1.165) is 21.9 Å². The molecule has 10 nitrogen and oxygen atoms in total. The van der Waals surface area contributed by atoms with E-state index < -0.39 is 48.9 Å². The van der Waals surface area contributed by atoms with Gasteiger partial charge in [0, 0.05) is 24.7 Å². The lowest BCUT2D eigenvalue weighted by Gasteiger charge is -2.20. The highest BCUT2D eigenvalue weighted by molar-refractivity contribution is 5.97. The van der Waals surface area contributed by atoms with E-state index >= 15 is 0 Å². The molecule has 2 amide bonds. The predicted molar refractivity (Wildman–Crippen MR) is 163 cm³/mol. The van der Waals surface area contributed by atoms with Gasteiger partial charge in [0.25, 0.3) is 0 Å². The quantitative estimate of drug-likeness (QED) is 0.0954. The summed E-state index contributed by atoms with van der Waals surface area (Å²) in [6.07, 6.45) is -4.16. The van der Waals surface area contributed by atoms with Crippen LogP contribution in [-0.2, 0) is 23.9 Å². The summed E-state index contributed by atoms with van der Waals surface area (Å²) in [5, 5.41) is 20.7. The number of hydrogen-bond donors (Lipinski definition) is 4. The van der Waals surface area contributed by atoms with Gasteiger partial charge in [-0.05, 0) is 59.0 Å². The number of esters is 2. The number of fused-ring (bicyclic) bond motifs is 1. The van der Waals surface area contributed by atoms with Gasteiger partial charge in [-0.2, -0.15) is 13.2 Å². The SMILES string of the molecule is Cc1ccnc(NCCCC(=O)NCC(=O)NC(CC(=O)OC(=O)C(F)(F)F)c2ccc(-c3cccc4ccccc34)cc2O)c1. The number of phenolic OH excluding ortho intramolecular Hbond substituents is 1. The number of carbonyl (C=O) groups excluding carboxylic acids is 4. The van der Waals surface area contributed by atoms with Crippen LogP contribution in [0.4, 0.5) is 19.0 Å². The van der Waals surface area contributed by atoms with Crippen LogP contribution in [0.2, 0.25) is 0 Å². The van der Waals surface area contributed by atoms with Crippen LogP contribution in [0.25, 0.3) is 21.9 Å². The monoisotopic (exact) mass is 636 g/mol. The first-order valence-electron chi connectivity index (χ1n) is 14.3. The molecule has 0 aliphatic carbocycles. The van der Waals surface area contributed by atoms with Crippen molar-refractivity contribution in [1.82, 2.24) is 15.6 Å². The number of hydrogen-bond acceptors (Lipinski definition) is 8. The van der Waals surface area contributed by atoms with Crippen LogP contribution >= 0.6 is 0 Å². The highest BCUT2D eigenvalue weighted by Gasteiger charge is 2.42. The molecular formula is C33H31F3N4O6. The van der Waals surface area contributed by atoms with Gasteiger partial charge in [-0.15, -0.1) is 0 Å². The molecule has 0 aliphatic heterocycles. The Morgan fingerprint density at radius 2 is 1.72 bits per heavy atom. The van der Waals surface area contributed by atoms with Crippen LogP contribution in [0.3, 0.4) is 0 Å². The summed E-state index contributed by atoms with van der Waals surface area (Å²) in [4.78, 5) is 52.7. The summed E-state index contributed by atoms with van der Waals surface area (Å²) in [7, 11) is 0. The Morgan fingerprint density at radius 3 is 2.46 bits per heavy atom. The summed E-state index contributed by atoms with van der Waals surface area (Å²) in [6.45, 7) is 1.85. The predicted octanol–water partition coefficient (Wildman–Crippen LogP) is 5.10. The van der Waals surface area contributed by atoms with E-state index in [4.69, 9.17) is 0 Å². The first kappa shape index (κ1) is 33.4. The molecule has 3 aromatic carbocycles. The Balaban J connectivity index is 1.42. The number of aryl methyl sites for hydroxylation is 1. The molecule has 1 unspecified atom stereocenters. The van der Waals surface area contributed by atoms with Crippen molar-refractivity contribution in [1.29, 1.82) is 0 Å². The van der Waals surface area contributed by atoms with Crippen LogP contribution in [-0.4, -0.2) is 53.1 Å². The minimum Gasteiger partial charge on any atom is -0.508 e. The number of anilines is 1. The van der Waals surface area contributed by atoms with Crippen molar-refractivity contribution in [2.45, 2.75) is 38.4 Å². The molecule has 4 aromatic rings. The van der Waals surface area contributed by atoms with E-state index in [2.05, 4.69) is 25.7 Å². The Morgan fingerprint density at radius 1 is 0.957 bits per heavy atom. The molecule has 0 bridgehead atoms. The average Bonchev–Trinajstić information content (AvgIpc) is 3.01. The summed E-state index contributed by atoms with van der Waals surface area (Å²) in [5.41, 5.74) is 2.38. The maximum absolute atomic E-state index is 12.8. The van der Waals surface area contributed by atoms with Crippen molar-refractivity contribution < 1.29 is 42.2 Å². The zero-order valence-corrected chi connectivity index (χ0v) is 24.7. The second-order valence-electron chi connectivity index (χ2n) is 10.4. The minimum absolute atomic E-state index is 0.0177. The summed E-state index contributed by atoms with van der Waals surface area (Å²) in [5.74, 6) is -5.24.